The molecule has 0 spiro atoms. The van der Waals surface area contributed by atoms with Crippen LogP contribution in [0.25, 0.3) is 0 Å². The van der Waals surface area contributed by atoms with Crippen LogP contribution in [0.1, 0.15) is 18.2 Å². The van der Waals surface area contributed by atoms with Gasteiger partial charge in [-0.1, -0.05) is 17.7 Å². The fraction of sp³-hybridized carbons (Fsp3) is 0.385. The molecule has 0 atom stereocenters. The van der Waals surface area contributed by atoms with Gasteiger partial charge < -0.3 is 14.5 Å². The number of rotatable bonds is 7. The van der Waals surface area contributed by atoms with Crippen molar-refractivity contribution >= 4 is 11.6 Å². The highest BCUT2D eigenvalue weighted by Gasteiger charge is 2.06. The van der Waals surface area contributed by atoms with Crippen LogP contribution in [0.4, 0.5) is 0 Å². The molecule has 0 saturated carbocycles. The molecular weight excluding hydrogens is 266 g/mol. The van der Waals surface area contributed by atoms with Crippen molar-refractivity contribution in [1.82, 2.24) is 15.5 Å². The Hall–Kier alpha value is -1.59. The number of hydrogen-bond acceptors (Lipinski definition) is 5. The van der Waals surface area contributed by atoms with E-state index in [1.165, 1.54) is 0 Å². The summed E-state index contributed by atoms with van der Waals surface area (Å²) in [7, 11) is 1.91. The van der Waals surface area contributed by atoms with Crippen molar-refractivity contribution in [3.63, 3.8) is 0 Å². The number of nitrogens with one attached hydrogen (secondary N) is 1. The van der Waals surface area contributed by atoms with Gasteiger partial charge in [0, 0.05) is 11.4 Å². The second-order valence-electron chi connectivity index (χ2n) is 4.04. The van der Waals surface area contributed by atoms with Crippen LogP contribution in [0.15, 0.2) is 28.7 Å². The molecule has 0 fully saturated rings. The molecule has 5 nitrogen and oxygen atoms in total. The molecule has 0 saturated heterocycles. The van der Waals surface area contributed by atoms with Gasteiger partial charge in [0.05, 0.1) is 0 Å². The minimum absolute atomic E-state index is 0.249. The lowest BCUT2D eigenvalue weighted by molar-refractivity contribution is 0.258. The lowest BCUT2D eigenvalue weighted by atomic mass is 10.3. The van der Waals surface area contributed by atoms with E-state index in [2.05, 4.69) is 15.5 Å². The summed E-state index contributed by atoms with van der Waals surface area (Å²) < 4.78 is 11.0. The zero-order valence-corrected chi connectivity index (χ0v) is 11.5. The summed E-state index contributed by atoms with van der Waals surface area (Å²) in [4.78, 5) is 0. The molecule has 0 aliphatic rings. The molecule has 0 amide bonds. The Bertz CT molecular complexity index is 516. The van der Waals surface area contributed by atoms with Gasteiger partial charge in [-0.05, 0) is 38.2 Å². The van der Waals surface area contributed by atoms with E-state index in [4.69, 9.17) is 20.8 Å². The highest BCUT2D eigenvalue weighted by molar-refractivity contribution is 6.30. The van der Waals surface area contributed by atoms with E-state index in [-0.39, 0.29) is 6.61 Å². The number of nitrogens with zero attached hydrogens (tertiary/aromatic N) is 2. The van der Waals surface area contributed by atoms with E-state index in [1.54, 1.807) is 12.1 Å². The average Bonchev–Trinajstić information content (AvgIpc) is 2.85. The van der Waals surface area contributed by atoms with E-state index in [1.807, 2.05) is 19.2 Å². The molecule has 2 rings (SSSR count). The molecule has 19 heavy (non-hydrogen) atoms. The Balaban J connectivity index is 1.83. The normalized spacial score (nSPS) is 10.6. The van der Waals surface area contributed by atoms with Crippen LogP contribution in [0.5, 0.6) is 5.75 Å². The summed E-state index contributed by atoms with van der Waals surface area (Å²) in [5.41, 5.74) is 0. The molecule has 6 heteroatoms. The Morgan fingerprint density at radius 1 is 1.32 bits per heavy atom. The monoisotopic (exact) mass is 281 g/mol. The first-order valence-electron chi connectivity index (χ1n) is 6.12. The fourth-order valence-electron chi connectivity index (χ4n) is 1.57. The molecule has 1 heterocycles. The number of hydrogen-bond donors (Lipinski definition) is 1. The molecule has 2 aromatic rings. The topological polar surface area (TPSA) is 60.2 Å². The van der Waals surface area contributed by atoms with Crippen molar-refractivity contribution < 1.29 is 9.15 Å². The summed E-state index contributed by atoms with van der Waals surface area (Å²) in [6.07, 6.45) is 1.73. The summed E-state index contributed by atoms with van der Waals surface area (Å²) in [6.45, 7) is 1.18. The van der Waals surface area contributed by atoms with Crippen LogP contribution in [-0.4, -0.2) is 23.8 Å². The van der Waals surface area contributed by atoms with Crippen molar-refractivity contribution in [2.45, 2.75) is 19.4 Å². The molecule has 0 unspecified atom stereocenters. The van der Waals surface area contributed by atoms with Gasteiger partial charge in [-0.25, -0.2) is 0 Å². The molecule has 1 N–H and O–H groups in total. The molecule has 1 aromatic carbocycles. The Morgan fingerprint density at radius 3 is 2.95 bits per heavy atom. The molecule has 0 bridgehead atoms. The van der Waals surface area contributed by atoms with E-state index in [0.717, 1.165) is 19.4 Å². The lowest BCUT2D eigenvalue weighted by Gasteiger charge is -2.02. The predicted octanol–water partition coefficient (Wildman–Crippen LogP) is 2.45. The molecular formula is C13H16ClN3O2. The summed E-state index contributed by atoms with van der Waals surface area (Å²) in [5.74, 6) is 1.79. The van der Waals surface area contributed by atoms with E-state index in [0.29, 0.717) is 22.6 Å². The first kappa shape index (κ1) is 13.8. The minimum atomic E-state index is 0.249. The number of benzene rings is 1. The van der Waals surface area contributed by atoms with Crippen LogP contribution in [-0.2, 0) is 13.0 Å². The zero-order chi connectivity index (χ0) is 13.5. The highest BCUT2D eigenvalue weighted by atomic mass is 35.5. The third kappa shape index (κ3) is 4.54. The standard InChI is InChI=1S/C13H16ClN3O2/c1-15-7-3-6-12-16-17-13(19-12)9-18-11-5-2-4-10(14)8-11/h2,4-5,8,15H,3,6-7,9H2,1H3. The van der Waals surface area contributed by atoms with Crippen molar-refractivity contribution in [3.05, 3.63) is 41.1 Å². The van der Waals surface area contributed by atoms with Gasteiger partial charge in [-0.2, -0.15) is 0 Å². The Kier molecular flexibility index (Phi) is 5.18. The summed E-state index contributed by atoms with van der Waals surface area (Å²) in [5, 5.41) is 11.6. The quantitative estimate of drug-likeness (QED) is 0.790. The maximum absolute atomic E-state index is 5.86. The predicted molar refractivity (Wildman–Crippen MR) is 72.3 cm³/mol. The number of halogens is 1. The average molecular weight is 282 g/mol. The van der Waals surface area contributed by atoms with Crippen molar-refractivity contribution in [2.24, 2.45) is 0 Å². The SMILES string of the molecule is CNCCCc1nnc(COc2cccc(Cl)c2)o1. The largest absolute Gasteiger partial charge is 0.484 e. The third-order valence-electron chi connectivity index (χ3n) is 2.48. The third-order valence-corrected chi connectivity index (χ3v) is 2.72. The van der Waals surface area contributed by atoms with E-state index >= 15 is 0 Å². The van der Waals surface area contributed by atoms with Crippen molar-refractivity contribution in [1.29, 1.82) is 0 Å². The molecule has 102 valence electrons. The van der Waals surface area contributed by atoms with Crippen LogP contribution in [0.2, 0.25) is 5.02 Å². The van der Waals surface area contributed by atoms with Gasteiger partial charge in [-0.15, -0.1) is 10.2 Å². The second kappa shape index (κ2) is 7.11. The Labute approximate surface area is 116 Å². The number of aryl methyl sites for hydroxylation is 1. The van der Waals surface area contributed by atoms with Crippen LogP contribution in [0.3, 0.4) is 0 Å². The van der Waals surface area contributed by atoms with Gasteiger partial charge in [-0.3, -0.25) is 0 Å². The maximum Gasteiger partial charge on any atom is 0.253 e. The van der Waals surface area contributed by atoms with E-state index < -0.39 is 0 Å². The minimum Gasteiger partial charge on any atom is -0.484 e. The lowest BCUT2D eigenvalue weighted by Crippen LogP contribution is -2.08. The van der Waals surface area contributed by atoms with Gasteiger partial charge in [0.15, 0.2) is 6.61 Å². The number of aromatic nitrogens is 2. The second-order valence-corrected chi connectivity index (χ2v) is 4.48. The molecule has 0 radical (unpaired) electrons. The molecule has 1 aromatic heterocycles. The smallest absolute Gasteiger partial charge is 0.253 e. The summed E-state index contributed by atoms with van der Waals surface area (Å²) >= 11 is 5.86. The first-order valence-corrected chi connectivity index (χ1v) is 6.50. The van der Waals surface area contributed by atoms with Crippen molar-refractivity contribution in [3.8, 4) is 5.75 Å². The zero-order valence-electron chi connectivity index (χ0n) is 10.7. The van der Waals surface area contributed by atoms with E-state index in [9.17, 15) is 0 Å². The van der Waals surface area contributed by atoms with Gasteiger partial charge >= 0.3 is 0 Å². The molecule has 0 aliphatic carbocycles. The van der Waals surface area contributed by atoms with Gasteiger partial charge in [0.25, 0.3) is 5.89 Å². The maximum atomic E-state index is 5.86. The first-order chi connectivity index (χ1) is 9.28. The highest BCUT2D eigenvalue weighted by Crippen LogP contribution is 2.18. The van der Waals surface area contributed by atoms with Crippen LogP contribution < -0.4 is 10.1 Å². The molecule has 0 aliphatic heterocycles. The van der Waals surface area contributed by atoms with Gasteiger partial charge in [0.1, 0.15) is 5.75 Å². The fourth-order valence-corrected chi connectivity index (χ4v) is 1.75. The van der Waals surface area contributed by atoms with Crippen LogP contribution >= 0.6 is 11.6 Å². The summed E-state index contributed by atoms with van der Waals surface area (Å²) in [6, 6.07) is 7.19. The van der Waals surface area contributed by atoms with Crippen molar-refractivity contribution in [2.75, 3.05) is 13.6 Å². The van der Waals surface area contributed by atoms with Crippen LogP contribution in [0, 0.1) is 0 Å². The Morgan fingerprint density at radius 2 is 2.16 bits per heavy atom. The van der Waals surface area contributed by atoms with Gasteiger partial charge in [0.2, 0.25) is 5.89 Å². The number of ether oxygens (including phenoxy) is 1.